The van der Waals surface area contributed by atoms with Crippen molar-refractivity contribution in [3.05, 3.63) is 152 Å². The number of nitrogens with two attached hydrogens (primary N) is 6. The molecule has 7 aromatic rings. The standard InChI is InChI=1S/C16H21N3O.2C15H26N2O2.C15H26N2O.C14H25N3O.C11H18N2O.6C4H10S.12H2O/c17-11-5-2-6-12-18-14-9-10-16(19-13-14)20-15-7-3-1-4-8-15;1-2-3-11-19-15-8-7-13(12-14(15)18)17-10-6-4-5-9-16;1-2-3-11-19-13-7-8-14(15(18)12-13)17-10-6-4-5-9-16;1-2-3-13-18-15-9-7-14(8-10-15)17-12-6-4-5-11-16;1-2-3-11-18-14-8-7-13(12-17-14)16-10-6-4-5-9-15;12-7-2-1-3-8-13-10-5-4-6-11(14)9-10;6*1-4(2,3)5;;;;;;;;;;;;/h1,3-4,7-10,13,18H,2,5-6,11-12,17H2;2*7-8,12,17-18H,2-6,9-11,16H2,1H3;7-10,17H,2-6,11-13,16H2,1H3;7-8,12,16H,2-6,9-11,15H2,1H3;4-6,9,13-14H,1-3,7-8,12H2;6*5H,1-3H3;12*1H2. The van der Waals surface area contributed by atoms with Crippen molar-refractivity contribution in [3.8, 4) is 52.0 Å². The summed E-state index contributed by atoms with van der Waals surface area (Å²) in [4.78, 5) is 8.55. The number of para-hydroxylation sites is 1. The van der Waals surface area contributed by atoms with Crippen LogP contribution in [0.2, 0.25) is 0 Å². The van der Waals surface area contributed by atoms with Gasteiger partial charge in [-0.15, -0.1) is 0 Å². The zero-order chi connectivity index (χ0) is 105. The Morgan fingerprint density at radius 1 is 0.253 bits per heavy atom. The Hall–Kier alpha value is -7.02. The summed E-state index contributed by atoms with van der Waals surface area (Å²) in [5.74, 6) is 5.08. The third-order valence-corrected chi connectivity index (χ3v) is 16.3. The van der Waals surface area contributed by atoms with E-state index in [1.165, 1.54) is 25.7 Å². The van der Waals surface area contributed by atoms with E-state index in [0.29, 0.717) is 36.5 Å². The molecule has 2 aromatic heterocycles. The van der Waals surface area contributed by atoms with Crippen molar-refractivity contribution >= 4 is 110 Å². The van der Waals surface area contributed by atoms with Gasteiger partial charge >= 0.3 is 0 Å². The summed E-state index contributed by atoms with van der Waals surface area (Å²) in [5.41, 5.74) is 38.5. The van der Waals surface area contributed by atoms with Gasteiger partial charge in [-0.3, -0.25) is 0 Å². The normalized spacial score (nSPS) is 9.83. The maximum absolute atomic E-state index is 9.89. The molecule has 0 radical (unpaired) electrons. The molecule has 2 heterocycles. The number of nitrogens with one attached hydrogen (secondary N) is 6. The lowest BCUT2D eigenvalue weighted by atomic mass is 10.2. The molecule has 0 aliphatic rings. The lowest BCUT2D eigenvalue weighted by Crippen LogP contribution is -2.04. The Morgan fingerprint density at radius 3 is 0.853 bits per heavy atom. The van der Waals surface area contributed by atoms with Crippen LogP contribution in [0.4, 0.5) is 34.1 Å². The van der Waals surface area contributed by atoms with Crippen LogP contribution in [0.25, 0.3) is 0 Å². The molecule has 150 heavy (non-hydrogen) atoms. The molecule has 0 aliphatic carbocycles. The molecule has 0 atom stereocenters. The Balaban J connectivity index is -0.0000000880. The van der Waals surface area contributed by atoms with Crippen LogP contribution >= 0.6 is 75.8 Å². The highest BCUT2D eigenvalue weighted by molar-refractivity contribution is 7.82. The number of unbranched alkanes of at least 4 members (excludes halogenated alkanes) is 16. The number of ether oxygens (including phenoxy) is 5. The van der Waals surface area contributed by atoms with Gasteiger partial charge in [0.2, 0.25) is 11.8 Å². The average Bonchev–Trinajstić information content (AvgIpc) is 0.883. The lowest BCUT2D eigenvalue weighted by Gasteiger charge is -2.11. The highest BCUT2D eigenvalue weighted by Gasteiger charge is 2.09. The predicted octanol–water partition coefficient (Wildman–Crippen LogP) is 18.2. The van der Waals surface area contributed by atoms with Gasteiger partial charge in [0.15, 0.2) is 11.5 Å². The van der Waals surface area contributed by atoms with Crippen molar-refractivity contribution in [2.24, 2.45) is 34.4 Å². The first kappa shape index (κ1) is 182. The molecular weight excluding hydrogens is 2030 g/mol. The van der Waals surface area contributed by atoms with Crippen molar-refractivity contribution in [3.63, 3.8) is 0 Å². The molecule has 34 nitrogen and oxygen atoms in total. The van der Waals surface area contributed by atoms with Gasteiger partial charge in [0.1, 0.15) is 28.7 Å². The van der Waals surface area contributed by atoms with Crippen LogP contribution in [0.1, 0.15) is 319 Å². The van der Waals surface area contributed by atoms with Crippen LogP contribution in [0.3, 0.4) is 0 Å². The smallest absolute Gasteiger partial charge is 0.219 e. The first-order valence-corrected chi connectivity index (χ1v) is 53.4. The van der Waals surface area contributed by atoms with Crippen molar-refractivity contribution in [2.75, 3.05) is 137 Å². The van der Waals surface area contributed by atoms with Crippen molar-refractivity contribution in [2.45, 2.75) is 348 Å². The third-order valence-electron chi connectivity index (χ3n) is 16.3. The first-order chi connectivity index (χ1) is 65.0. The molecule has 0 unspecified atom stereocenters. The number of aromatic nitrogens is 2. The number of thiol groups is 6. The molecular formula is C110H226N14O20S6. The second-order valence-electron chi connectivity index (χ2n) is 39.1. The predicted molar refractivity (Wildman–Crippen MR) is 672 cm³/mol. The van der Waals surface area contributed by atoms with E-state index in [1.807, 2.05) is 109 Å². The second-order valence-corrected chi connectivity index (χ2v) is 47.2. The number of anilines is 6. The molecule has 0 saturated heterocycles. The monoisotopic (exact) mass is 2260 g/mol. The minimum absolute atomic E-state index is 0. The number of phenols is 3. The van der Waals surface area contributed by atoms with Crippen molar-refractivity contribution in [1.82, 2.24) is 9.97 Å². The van der Waals surface area contributed by atoms with Crippen molar-refractivity contribution < 1.29 is 105 Å². The van der Waals surface area contributed by atoms with Gasteiger partial charge < -0.3 is 171 Å². The zero-order valence-electron chi connectivity index (χ0n) is 96.1. The summed E-state index contributed by atoms with van der Waals surface area (Å²) in [6.07, 6.45) is 32.5. The lowest BCUT2D eigenvalue weighted by molar-refractivity contribution is 0.293. The van der Waals surface area contributed by atoms with Gasteiger partial charge in [0.25, 0.3) is 0 Å². The summed E-state index contributed by atoms with van der Waals surface area (Å²) in [6, 6.07) is 43.7. The largest absolute Gasteiger partial charge is 0.508 e. The Kier molecular flexibility index (Phi) is 144. The Bertz CT molecular complexity index is 3630. The number of benzene rings is 5. The number of phenolic OH excluding ortho intramolecular Hbond substituents is 3. The topological polar surface area (TPSA) is 739 Å². The van der Waals surface area contributed by atoms with Gasteiger partial charge in [-0.1, -0.05) is 241 Å². The SMILES string of the molecule is CC(C)(C)S.CC(C)(C)S.CC(C)(C)S.CC(C)(C)S.CC(C)(C)S.CC(C)(C)S.CCCCOc1ccc(NCCCCCN)c(O)c1.CCCCOc1ccc(NCCCCCN)cc1.CCCCOc1ccc(NCCCCCN)cc1O.CCCCOc1ccc(NCCCCCN)cn1.NCCCCCNc1ccc(Oc2ccccc2)nc1.NCCCCCNc1cccc(O)c1.O.O.O.O.O.O.O.O.O.O.O.O. The summed E-state index contributed by atoms with van der Waals surface area (Å²) >= 11 is 24.7. The van der Waals surface area contributed by atoms with Crippen molar-refractivity contribution in [1.29, 1.82) is 0 Å². The van der Waals surface area contributed by atoms with E-state index in [2.05, 4.69) is 282 Å². The van der Waals surface area contributed by atoms with E-state index in [1.54, 1.807) is 30.5 Å². The molecule has 45 N–H and O–H groups in total. The highest BCUT2D eigenvalue weighted by atomic mass is 32.1. The quantitative estimate of drug-likeness (QED) is 0.00956. The first-order valence-electron chi connectivity index (χ1n) is 50.7. The number of nitrogens with zero attached hydrogens (tertiary/aromatic N) is 2. The van der Waals surface area contributed by atoms with Crippen LogP contribution < -0.4 is 90.0 Å². The molecule has 0 fully saturated rings. The van der Waals surface area contributed by atoms with Gasteiger partial charge in [-0.2, -0.15) is 75.8 Å². The van der Waals surface area contributed by atoms with E-state index in [-0.39, 0.29) is 106 Å². The zero-order valence-corrected chi connectivity index (χ0v) is 101. The van der Waals surface area contributed by atoms with Crippen LogP contribution in [0.15, 0.2) is 152 Å². The fourth-order valence-electron chi connectivity index (χ4n) is 9.89. The summed E-state index contributed by atoms with van der Waals surface area (Å²) in [5, 5.41) is 48.8. The number of pyridine rings is 2. The second kappa shape index (κ2) is 119. The van der Waals surface area contributed by atoms with E-state index in [4.69, 9.17) is 58.1 Å². The van der Waals surface area contributed by atoms with Crippen LogP contribution in [0, 0.1) is 0 Å². The minimum atomic E-state index is 0. The van der Waals surface area contributed by atoms with Gasteiger partial charge in [0.05, 0.1) is 55.9 Å². The minimum Gasteiger partial charge on any atom is -0.508 e. The van der Waals surface area contributed by atoms with Crippen LogP contribution in [-0.4, -0.2) is 224 Å². The number of hydrogen-bond acceptors (Lipinski definition) is 28. The molecule has 0 amide bonds. The Morgan fingerprint density at radius 2 is 0.540 bits per heavy atom. The number of aromatic hydroxyl groups is 3. The van der Waals surface area contributed by atoms with E-state index in [9.17, 15) is 15.3 Å². The molecule has 40 heteroatoms. The molecule has 5 aromatic carbocycles. The molecule has 0 aliphatic heterocycles. The molecule has 0 bridgehead atoms. The van der Waals surface area contributed by atoms with E-state index in [0.717, 1.165) is 284 Å². The van der Waals surface area contributed by atoms with Gasteiger partial charge in [0, 0.05) is 115 Å². The van der Waals surface area contributed by atoms with Crippen LogP contribution in [0.5, 0.6) is 52.0 Å². The molecule has 892 valence electrons. The maximum Gasteiger partial charge on any atom is 0.219 e. The highest BCUT2D eigenvalue weighted by Crippen LogP contribution is 2.31. The molecule has 0 saturated carbocycles. The van der Waals surface area contributed by atoms with E-state index < -0.39 is 0 Å². The van der Waals surface area contributed by atoms with E-state index >= 15 is 0 Å². The third kappa shape index (κ3) is 156. The number of hydrogen-bond donors (Lipinski definition) is 21. The summed E-state index contributed by atoms with van der Waals surface area (Å²) in [6.45, 7) is 58.6. The Labute approximate surface area is 941 Å². The fourth-order valence-corrected chi connectivity index (χ4v) is 9.89. The maximum atomic E-state index is 9.89. The fraction of sp³-hybridized carbons (Fsp3) is 0.636. The van der Waals surface area contributed by atoms with Gasteiger partial charge in [-0.05, 0) is 227 Å². The summed E-state index contributed by atoms with van der Waals surface area (Å²) < 4.78 is 29.0. The summed E-state index contributed by atoms with van der Waals surface area (Å²) in [7, 11) is 0. The average molecular weight is 2260 g/mol. The number of rotatable bonds is 54. The van der Waals surface area contributed by atoms with Gasteiger partial charge in [-0.25, -0.2) is 9.97 Å². The van der Waals surface area contributed by atoms with Crippen LogP contribution in [-0.2, 0) is 0 Å². The molecule has 7 rings (SSSR count). The molecule has 0 spiro atoms.